The van der Waals surface area contributed by atoms with Crippen LogP contribution in [0.4, 0.5) is 5.69 Å². The van der Waals surface area contributed by atoms with Gasteiger partial charge in [0.05, 0.1) is 11.1 Å². The zero-order valence-corrected chi connectivity index (χ0v) is 16.4. The van der Waals surface area contributed by atoms with E-state index in [0.717, 1.165) is 11.1 Å². The van der Waals surface area contributed by atoms with Crippen molar-refractivity contribution in [2.75, 3.05) is 25.5 Å². The Balaban J connectivity index is 0.00000243. The fraction of sp³-hybridized carbons (Fsp3) is 0.375. The second-order valence-corrected chi connectivity index (χ2v) is 7.79. The molecule has 1 aromatic carbocycles. The molecule has 0 spiro atoms. The van der Waals surface area contributed by atoms with E-state index >= 15 is 0 Å². The molecule has 1 aliphatic rings. The number of fused-ring (bicyclic) bond motifs is 1. The first-order chi connectivity index (χ1) is 11.9. The van der Waals surface area contributed by atoms with Crippen molar-refractivity contribution in [2.24, 2.45) is 7.05 Å². The van der Waals surface area contributed by atoms with Crippen molar-refractivity contribution < 1.29 is 13.2 Å². The molecule has 1 aromatic heterocycles. The summed E-state index contributed by atoms with van der Waals surface area (Å²) in [6.07, 6.45) is 4.14. The highest BCUT2D eigenvalue weighted by Crippen LogP contribution is 2.32. The largest absolute Gasteiger partial charge is 0.310 e. The second-order valence-electron chi connectivity index (χ2n) is 5.91. The summed E-state index contributed by atoms with van der Waals surface area (Å²) in [4.78, 5) is 14.8. The van der Waals surface area contributed by atoms with Crippen LogP contribution in [-0.2, 0) is 28.3 Å². The molecule has 1 atom stereocenters. The molecule has 1 aliphatic heterocycles. The van der Waals surface area contributed by atoms with Gasteiger partial charge in [-0.15, -0.1) is 12.4 Å². The van der Waals surface area contributed by atoms with Crippen molar-refractivity contribution in [3.63, 3.8) is 0 Å². The summed E-state index contributed by atoms with van der Waals surface area (Å²) >= 11 is 0. The number of carbonyl (C=O) groups excluding carboxylic acids is 1. The Kier molecular flexibility index (Phi) is 6.07. The molecule has 3 rings (SSSR count). The van der Waals surface area contributed by atoms with Crippen LogP contribution in [0.25, 0.3) is 0 Å². The van der Waals surface area contributed by atoms with Gasteiger partial charge in [0.15, 0.2) is 0 Å². The maximum atomic E-state index is 13.0. The molecule has 8 nitrogen and oxygen atoms in total. The third-order valence-corrected chi connectivity index (χ3v) is 5.80. The first-order valence-electron chi connectivity index (χ1n) is 7.91. The summed E-state index contributed by atoms with van der Waals surface area (Å²) in [5.41, 5.74) is 2.37. The van der Waals surface area contributed by atoms with E-state index in [0.29, 0.717) is 18.7 Å². The number of nitrogens with one attached hydrogen (secondary N) is 2. The number of likely N-dealkylation sites (N-methyl/N-ethyl adjacent to an activating group) is 1. The van der Waals surface area contributed by atoms with Crippen LogP contribution < -0.4 is 14.9 Å². The molecule has 0 saturated heterocycles. The number of rotatable bonds is 5. The average molecular weight is 400 g/mol. The van der Waals surface area contributed by atoms with Crippen LogP contribution in [0, 0.1) is 0 Å². The van der Waals surface area contributed by atoms with E-state index in [4.69, 9.17) is 0 Å². The maximum absolute atomic E-state index is 13.0. The van der Waals surface area contributed by atoms with Gasteiger partial charge in [0.1, 0.15) is 6.04 Å². The van der Waals surface area contributed by atoms with E-state index < -0.39 is 16.1 Å². The van der Waals surface area contributed by atoms with E-state index in [9.17, 15) is 13.2 Å². The minimum Gasteiger partial charge on any atom is -0.310 e. The Labute approximate surface area is 159 Å². The Morgan fingerprint density at radius 3 is 2.62 bits per heavy atom. The normalized spacial score (nSPS) is 14.7. The molecular weight excluding hydrogens is 378 g/mol. The molecule has 0 fully saturated rings. The first kappa shape index (κ1) is 20.4. The number of aromatic nitrogens is 2. The van der Waals surface area contributed by atoms with Crippen molar-refractivity contribution in [3.05, 3.63) is 41.7 Å². The molecule has 0 saturated carbocycles. The van der Waals surface area contributed by atoms with Crippen LogP contribution in [0.3, 0.4) is 0 Å². The maximum Gasteiger partial charge on any atom is 0.248 e. The lowest BCUT2D eigenvalue weighted by Gasteiger charge is -2.23. The van der Waals surface area contributed by atoms with E-state index in [-0.39, 0.29) is 23.2 Å². The predicted molar refractivity (Wildman–Crippen MR) is 101 cm³/mol. The highest BCUT2D eigenvalue weighted by Gasteiger charge is 2.32. The molecule has 2 N–H and O–H groups in total. The number of anilines is 1. The van der Waals surface area contributed by atoms with Crippen LogP contribution in [0.5, 0.6) is 0 Å². The standard InChI is InChI=1S/C16H21N5O3S.ClH/c1-17-15(12-9-19-20(3)10-12)16(22)21-7-6-11-4-5-13(8-14(11)21)25(23,24)18-2;/h4-5,8-10,15,17-18H,6-7H2,1-3H3;1H. The molecule has 26 heavy (non-hydrogen) atoms. The minimum atomic E-state index is -3.56. The Morgan fingerprint density at radius 1 is 1.31 bits per heavy atom. The van der Waals surface area contributed by atoms with Crippen LogP contribution in [0.1, 0.15) is 17.2 Å². The molecule has 142 valence electrons. The van der Waals surface area contributed by atoms with E-state index in [1.54, 1.807) is 54.3 Å². The SMILES string of the molecule is CNC(C(=O)N1CCc2ccc(S(=O)(=O)NC)cc21)c1cnn(C)c1.Cl. The molecule has 2 heterocycles. The second kappa shape index (κ2) is 7.75. The number of hydrogen-bond acceptors (Lipinski definition) is 5. The van der Waals surface area contributed by atoms with Gasteiger partial charge in [-0.1, -0.05) is 6.07 Å². The van der Waals surface area contributed by atoms with Crippen molar-refractivity contribution in [1.82, 2.24) is 19.8 Å². The summed E-state index contributed by atoms with van der Waals surface area (Å²) in [5.74, 6) is -0.131. The minimum absolute atomic E-state index is 0. The number of halogens is 1. The lowest BCUT2D eigenvalue weighted by Crippen LogP contribution is -2.39. The van der Waals surface area contributed by atoms with E-state index in [2.05, 4.69) is 15.1 Å². The highest BCUT2D eigenvalue weighted by atomic mass is 35.5. The topological polar surface area (TPSA) is 96.3 Å². The third kappa shape index (κ3) is 3.61. The van der Waals surface area contributed by atoms with E-state index in [1.165, 1.54) is 7.05 Å². The van der Waals surface area contributed by atoms with Crippen molar-refractivity contribution >= 4 is 34.0 Å². The number of nitrogens with zero attached hydrogens (tertiary/aromatic N) is 3. The highest BCUT2D eigenvalue weighted by molar-refractivity contribution is 7.89. The Morgan fingerprint density at radius 2 is 2.04 bits per heavy atom. The summed E-state index contributed by atoms with van der Waals surface area (Å²) in [6.45, 7) is 0.523. The lowest BCUT2D eigenvalue weighted by molar-refractivity contribution is -0.120. The van der Waals surface area contributed by atoms with Crippen LogP contribution >= 0.6 is 12.4 Å². The fourth-order valence-corrected chi connectivity index (χ4v) is 3.80. The van der Waals surface area contributed by atoms with Gasteiger partial charge < -0.3 is 10.2 Å². The Hall–Kier alpha value is -1.94. The molecular formula is C16H22ClN5O3S. The lowest BCUT2D eigenvalue weighted by atomic mass is 10.1. The number of amides is 1. The van der Waals surface area contributed by atoms with Gasteiger partial charge in [-0.25, -0.2) is 13.1 Å². The fourth-order valence-electron chi connectivity index (χ4n) is 3.05. The number of hydrogen-bond donors (Lipinski definition) is 2. The molecule has 1 unspecified atom stereocenters. The van der Waals surface area contributed by atoms with Crippen molar-refractivity contribution in [2.45, 2.75) is 17.4 Å². The molecule has 0 radical (unpaired) electrons. The third-order valence-electron chi connectivity index (χ3n) is 4.39. The molecule has 0 aliphatic carbocycles. The van der Waals surface area contributed by atoms with Crippen LogP contribution in [0.2, 0.25) is 0 Å². The molecule has 0 bridgehead atoms. The van der Waals surface area contributed by atoms with Crippen molar-refractivity contribution in [3.8, 4) is 0 Å². The summed E-state index contributed by atoms with van der Waals surface area (Å²) in [7, 11) is 1.31. The van der Waals surface area contributed by atoms with Gasteiger partial charge in [-0.2, -0.15) is 5.10 Å². The first-order valence-corrected chi connectivity index (χ1v) is 9.39. The molecule has 2 aromatic rings. The number of benzene rings is 1. The number of aryl methyl sites for hydroxylation is 1. The quantitative estimate of drug-likeness (QED) is 0.767. The van der Waals surface area contributed by atoms with Crippen LogP contribution in [-0.4, -0.2) is 44.7 Å². The average Bonchev–Trinajstić information content (AvgIpc) is 3.21. The summed E-state index contributed by atoms with van der Waals surface area (Å²) in [6, 6.07) is 4.35. The van der Waals surface area contributed by atoms with Gasteiger partial charge in [-0.05, 0) is 38.2 Å². The summed E-state index contributed by atoms with van der Waals surface area (Å²) < 4.78 is 28.0. The number of sulfonamides is 1. The monoisotopic (exact) mass is 399 g/mol. The van der Waals surface area contributed by atoms with Crippen molar-refractivity contribution in [1.29, 1.82) is 0 Å². The van der Waals surface area contributed by atoms with Gasteiger partial charge in [0.2, 0.25) is 15.9 Å². The Bertz CT molecular complexity index is 912. The predicted octanol–water partition coefficient (Wildman–Crippen LogP) is 0.600. The molecule has 1 amide bonds. The van der Waals surface area contributed by atoms with E-state index in [1.807, 2.05) is 0 Å². The number of carbonyl (C=O) groups is 1. The smallest absolute Gasteiger partial charge is 0.248 e. The van der Waals surface area contributed by atoms with Crippen LogP contribution in [0.15, 0.2) is 35.5 Å². The summed E-state index contributed by atoms with van der Waals surface area (Å²) in [5, 5.41) is 7.13. The van der Waals surface area contributed by atoms with Gasteiger partial charge >= 0.3 is 0 Å². The van der Waals surface area contributed by atoms with Gasteiger partial charge in [0.25, 0.3) is 0 Å². The zero-order chi connectivity index (χ0) is 18.2. The zero-order valence-electron chi connectivity index (χ0n) is 14.8. The molecule has 10 heteroatoms. The van der Waals surface area contributed by atoms with Gasteiger partial charge in [0, 0.05) is 31.0 Å². The van der Waals surface area contributed by atoms with Gasteiger partial charge in [-0.3, -0.25) is 9.48 Å².